The van der Waals surface area contributed by atoms with E-state index in [-0.39, 0.29) is 18.0 Å². The standard InChI is InChI=1S/C38H48N8O4/c39-37(48)36-31(42-33(24-41-36)46-16-2-1-3-17-46)22-26-4-6-28(7-5-26)29-14-18-44(19-15-29)25-27-12-20-45(21-13-27)30-8-11-35(40-23-30)50-32-9-10-34(47)43-38(32)49/h4-8,11,23-24,27,29,32H,1-3,9-10,12-22,25H2,(H2,39,48)(H,43,47,49). The Bertz CT molecular complexity index is 1640. The number of aromatic nitrogens is 3. The second-order valence-electron chi connectivity index (χ2n) is 14.3. The number of hydrogen-bond donors (Lipinski definition) is 2. The van der Waals surface area contributed by atoms with Crippen LogP contribution in [0.15, 0.2) is 48.8 Å². The fourth-order valence-corrected chi connectivity index (χ4v) is 7.87. The van der Waals surface area contributed by atoms with E-state index in [4.69, 9.17) is 15.5 Å². The number of benzene rings is 1. The highest BCUT2D eigenvalue weighted by Gasteiger charge is 2.29. The minimum atomic E-state index is -0.675. The van der Waals surface area contributed by atoms with Gasteiger partial charge in [-0.15, -0.1) is 0 Å². The molecular formula is C38H48N8O4. The van der Waals surface area contributed by atoms with Gasteiger partial charge in [0.2, 0.25) is 11.8 Å². The minimum absolute atomic E-state index is 0.256. The van der Waals surface area contributed by atoms with Crippen molar-refractivity contribution < 1.29 is 19.1 Å². The lowest BCUT2D eigenvalue weighted by Gasteiger charge is -2.38. The van der Waals surface area contributed by atoms with Crippen molar-refractivity contribution in [2.75, 3.05) is 55.6 Å². The van der Waals surface area contributed by atoms with Gasteiger partial charge in [-0.1, -0.05) is 24.3 Å². The number of carbonyl (C=O) groups excluding carboxylic acids is 3. The van der Waals surface area contributed by atoms with Crippen LogP contribution in [0, 0.1) is 5.92 Å². The molecule has 1 aromatic carbocycles. The summed E-state index contributed by atoms with van der Waals surface area (Å²) in [4.78, 5) is 56.5. The van der Waals surface area contributed by atoms with E-state index in [1.807, 2.05) is 18.3 Å². The topological polar surface area (TPSA) is 147 Å². The summed E-state index contributed by atoms with van der Waals surface area (Å²) in [5.41, 5.74) is 10.1. The second kappa shape index (κ2) is 15.5. The quantitative estimate of drug-likeness (QED) is 0.303. The van der Waals surface area contributed by atoms with Gasteiger partial charge in [-0.2, -0.15) is 0 Å². The molecule has 0 bridgehead atoms. The maximum Gasteiger partial charge on any atom is 0.269 e. The van der Waals surface area contributed by atoms with Crippen LogP contribution in [0.4, 0.5) is 11.5 Å². The molecule has 4 saturated heterocycles. The zero-order valence-corrected chi connectivity index (χ0v) is 28.8. The van der Waals surface area contributed by atoms with Crippen LogP contribution >= 0.6 is 0 Å². The molecule has 3 N–H and O–H groups in total. The molecule has 0 radical (unpaired) electrons. The highest BCUT2D eigenvalue weighted by Crippen LogP contribution is 2.31. The monoisotopic (exact) mass is 680 g/mol. The van der Waals surface area contributed by atoms with Crippen molar-refractivity contribution in [3.05, 3.63) is 71.3 Å². The molecule has 0 spiro atoms. The van der Waals surface area contributed by atoms with Crippen molar-refractivity contribution in [3.8, 4) is 5.88 Å². The van der Waals surface area contributed by atoms with E-state index in [1.165, 1.54) is 12.0 Å². The van der Waals surface area contributed by atoms with E-state index < -0.39 is 17.9 Å². The molecular weight excluding hydrogens is 632 g/mol. The number of piperidine rings is 4. The first-order chi connectivity index (χ1) is 24.4. The number of hydrogen-bond acceptors (Lipinski definition) is 10. The molecule has 2 aromatic heterocycles. The van der Waals surface area contributed by atoms with Gasteiger partial charge in [0.05, 0.1) is 23.8 Å². The first-order valence-electron chi connectivity index (χ1n) is 18.3. The van der Waals surface area contributed by atoms with E-state index in [0.29, 0.717) is 36.3 Å². The maximum atomic E-state index is 12.1. The molecule has 4 fully saturated rings. The summed E-state index contributed by atoms with van der Waals surface area (Å²) in [6.45, 7) is 7.32. The summed E-state index contributed by atoms with van der Waals surface area (Å²) in [5, 5.41) is 2.32. The van der Waals surface area contributed by atoms with Crippen molar-refractivity contribution in [1.82, 2.24) is 25.2 Å². The Labute approximate surface area is 293 Å². The molecule has 1 unspecified atom stereocenters. The highest BCUT2D eigenvalue weighted by atomic mass is 16.5. The van der Waals surface area contributed by atoms with E-state index in [9.17, 15) is 14.4 Å². The Morgan fingerprint density at radius 3 is 2.28 bits per heavy atom. The number of rotatable bonds is 10. The normalized spacial score (nSPS) is 21.2. The van der Waals surface area contributed by atoms with Crippen LogP contribution < -0.4 is 25.6 Å². The lowest BCUT2D eigenvalue weighted by molar-refractivity contribution is -0.139. The SMILES string of the molecule is NC(=O)c1ncc(N2CCCCC2)nc1Cc1ccc(C2CCN(CC3CCN(c4ccc(OC5CCC(=O)NC5=O)nc4)CC3)CC2)cc1. The number of nitrogens with two attached hydrogens (primary N) is 1. The summed E-state index contributed by atoms with van der Waals surface area (Å²) in [6, 6.07) is 12.7. The highest BCUT2D eigenvalue weighted by molar-refractivity contribution is 5.99. The predicted octanol–water partition coefficient (Wildman–Crippen LogP) is 3.83. The summed E-state index contributed by atoms with van der Waals surface area (Å²) in [7, 11) is 0. The maximum absolute atomic E-state index is 12.1. The zero-order chi connectivity index (χ0) is 34.5. The molecule has 7 rings (SSSR count). The lowest BCUT2D eigenvalue weighted by atomic mass is 9.87. The third kappa shape index (κ3) is 8.23. The number of nitrogens with one attached hydrogen (secondary N) is 1. The van der Waals surface area contributed by atoms with Crippen LogP contribution in [-0.4, -0.2) is 89.5 Å². The number of imide groups is 1. The predicted molar refractivity (Wildman–Crippen MR) is 190 cm³/mol. The molecule has 4 aliphatic heterocycles. The molecule has 3 amide bonds. The molecule has 0 saturated carbocycles. The number of anilines is 2. The fourth-order valence-electron chi connectivity index (χ4n) is 7.87. The van der Waals surface area contributed by atoms with Crippen LogP contribution in [0.2, 0.25) is 0 Å². The molecule has 1 atom stereocenters. The van der Waals surface area contributed by atoms with Gasteiger partial charge in [0.25, 0.3) is 11.8 Å². The Hall–Kier alpha value is -4.58. The number of ether oxygens (including phenoxy) is 1. The zero-order valence-electron chi connectivity index (χ0n) is 28.8. The number of nitrogens with zero attached hydrogens (tertiary/aromatic N) is 6. The molecule has 3 aromatic rings. The van der Waals surface area contributed by atoms with Crippen molar-refractivity contribution in [3.63, 3.8) is 0 Å². The van der Waals surface area contributed by atoms with Gasteiger partial charge in [-0.25, -0.2) is 15.0 Å². The Morgan fingerprint density at radius 1 is 0.840 bits per heavy atom. The summed E-state index contributed by atoms with van der Waals surface area (Å²) >= 11 is 0. The third-order valence-corrected chi connectivity index (χ3v) is 10.8. The van der Waals surface area contributed by atoms with Gasteiger partial charge in [-0.05, 0) is 87.1 Å². The van der Waals surface area contributed by atoms with Crippen LogP contribution in [0.3, 0.4) is 0 Å². The second-order valence-corrected chi connectivity index (χ2v) is 14.3. The van der Waals surface area contributed by atoms with Crippen LogP contribution in [-0.2, 0) is 16.0 Å². The lowest BCUT2D eigenvalue weighted by Crippen LogP contribution is -2.46. The van der Waals surface area contributed by atoms with Gasteiger partial charge >= 0.3 is 0 Å². The molecule has 264 valence electrons. The first-order valence-corrected chi connectivity index (χ1v) is 18.3. The van der Waals surface area contributed by atoms with Gasteiger partial charge in [0, 0.05) is 58.1 Å². The van der Waals surface area contributed by atoms with Crippen LogP contribution in [0.25, 0.3) is 0 Å². The van der Waals surface area contributed by atoms with Gasteiger partial charge in [0.15, 0.2) is 6.10 Å². The summed E-state index contributed by atoms with van der Waals surface area (Å²) in [6.07, 6.45) is 12.2. The number of amides is 3. The summed E-state index contributed by atoms with van der Waals surface area (Å²) in [5.74, 6) is 1.29. The molecule has 4 aliphatic rings. The number of primary amides is 1. The van der Waals surface area contributed by atoms with Gasteiger partial charge < -0.3 is 25.2 Å². The average molecular weight is 681 g/mol. The van der Waals surface area contributed by atoms with Crippen molar-refractivity contribution in [1.29, 1.82) is 0 Å². The van der Waals surface area contributed by atoms with Crippen LogP contribution in [0.1, 0.15) is 91.0 Å². The van der Waals surface area contributed by atoms with Crippen molar-refractivity contribution in [2.24, 2.45) is 11.7 Å². The smallest absolute Gasteiger partial charge is 0.269 e. The molecule has 0 aliphatic carbocycles. The number of pyridine rings is 1. The summed E-state index contributed by atoms with van der Waals surface area (Å²) < 4.78 is 5.74. The van der Waals surface area contributed by atoms with Crippen molar-refractivity contribution >= 4 is 29.2 Å². The number of likely N-dealkylation sites (tertiary alicyclic amines) is 1. The molecule has 12 nitrogen and oxygen atoms in total. The minimum Gasteiger partial charge on any atom is -0.464 e. The fraction of sp³-hybridized carbons (Fsp3) is 0.526. The Morgan fingerprint density at radius 2 is 1.60 bits per heavy atom. The van der Waals surface area contributed by atoms with E-state index in [2.05, 4.69) is 54.2 Å². The third-order valence-electron chi connectivity index (χ3n) is 10.8. The Balaban J connectivity index is 0.855. The average Bonchev–Trinajstić information content (AvgIpc) is 3.14. The van der Waals surface area contributed by atoms with Gasteiger partial charge in [0.1, 0.15) is 11.5 Å². The van der Waals surface area contributed by atoms with E-state index in [0.717, 1.165) is 101 Å². The van der Waals surface area contributed by atoms with Crippen LogP contribution in [0.5, 0.6) is 5.88 Å². The van der Waals surface area contributed by atoms with E-state index in [1.54, 1.807) is 6.20 Å². The molecule has 12 heteroatoms. The Kier molecular flexibility index (Phi) is 10.5. The number of carbonyl (C=O) groups is 3. The molecule has 6 heterocycles. The van der Waals surface area contributed by atoms with Crippen molar-refractivity contribution in [2.45, 2.75) is 76.2 Å². The van der Waals surface area contributed by atoms with E-state index >= 15 is 0 Å². The van der Waals surface area contributed by atoms with Gasteiger partial charge in [-0.3, -0.25) is 19.7 Å². The molecule has 50 heavy (non-hydrogen) atoms. The first kappa shape index (κ1) is 33.9. The largest absolute Gasteiger partial charge is 0.464 e.